The summed E-state index contributed by atoms with van der Waals surface area (Å²) in [5.74, 6) is 1.72. The molecule has 0 radical (unpaired) electrons. The molecule has 0 unspecified atom stereocenters. The summed E-state index contributed by atoms with van der Waals surface area (Å²) in [5, 5.41) is 0.420. The van der Waals surface area contributed by atoms with Gasteiger partial charge in [0, 0.05) is 12.1 Å². The van der Waals surface area contributed by atoms with Crippen LogP contribution in [0.3, 0.4) is 0 Å². The Hall–Kier alpha value is -1.33. The summed E-state index contributed by atoms with van der Waals surface area (Å²) in [6, 6.07) is 8.03. The molecule has 2 aromatic rings. The van der Waals surface area contributed by atoms with Gasteiger partial charge in [0.1, 0.15) is 29.7 Å². The van der Waals surface area contributed by atoms with Gasteiger partial charge in [-0.15, -0.1) is 0 Å². The minimum atomic E-state index is 0.420. The average Bonchev–Trinajstić information content (AvgIpc) is 2.64. The molecule has 98 valence electrons. The molecule has 3 rings (SSSR count). The maximum atomic E-state index is 6.02. The van der Waals surface area contributed by atoms with Crippen LogP contribution in [0.25, 0.3) is 0 Å². The third-order valence-corrected chi connectivity index (χ3v) is 4.23. The van der Waals surface area contributed by atoms with Crippen LogP contribution < -0.4 is 9.64 Å². The van der Waals surface area contributed by atoms with E-state index in [1.807, 2.05) is 18.2 Å². The van der Waals surface area contributed by atoms with E-state index in [0.717, 1.165) is 34.7 Å². The van der Waals surface area contributed by atoms with Gasteiger partial charge in [-0.1, -0.05) is 29.8 Å². The first kappa shape index (κ1) is 12.7. The smallest absolute Gasteiger partial charge is 0.148 e. The molecule has 0 fully saturated rings. The second kappa shape index (κ2) is 5.35. The molecule has 0 N–H and O–H groups in total. The van der Waals surface area contributed by atoms with Crippen molar-refractivity contribution in [1.29, 1.82) is 0 Å². The molecule has 1 aliphatic rings. The topological polar surface area (TPSA) is 38.2 Å². The Balaban J connectivity index is 1.96. The monoisotopic (exact) mass is 339 g/mol. The van der Waals surface area contributed by atoms with E-state index in [-0.39, 0.29) is 0 Å². The predicted molar refractivity (Wildman–Crippen MR) is 77.7 cm³/mol. The van der Waals surface area contributed by atoms with Gasteiger partial charge in [-0.25, -0.2) is 9.97 Å². The van der Waals surface area contributed by atoms with Gasteiger partial charge in [-0.3, -0.25) is 0 Å². The maximum Gasteiger partial charge on any atom is 0.148 e. The molecule has 1 aromatic carbocycles. The Bertz CT molecular complexity index is 608. The van der Waals surface area contributed by atoms with E-state index < -0.39 is 0 Å². The van der Waals surface area contributed by atoms with Gasteiger partial charge in [-0.05, 0) is 22.0 Å². The highest BCUT2D eigenvalue weighted by molar-refractivity contribution is 9.10. The quantitative estimate of drug-likeness (QED) is 0.747. The summed E-state index contributed by atoms with van der Waals surface area (Å²) in [4.78, 5) is 10.4. The molecule has 0 saturated heterocycles. The largest absolute Gasteiger partial charge is 0.491 e. The van der Waals surface area contributed by atoms with E-state index >= 15 is 0 Å². The molecule has 1 aliphatic heterocycles. The van der Waals surface area contributed by atoms with Crippen molar-refractivity contribution in [2.75, 3.05) is 18.1 Å². The molecule has 19 heavy (non-hydrogen) atoms. The zero-order valence-electron chi connectivity index (χ0n) is 10.0. The summed E-state index contributed by atoms with van der Waals surface area (Å²) in [7, 11) is 0. The Labute approximate surface area is 124 Å². The lowest BCUT2D eigenvalue weighted by Gasteiger charge is -2.21. The van der Waals surface area contributed by atoms with Crippen LogP contribution in [0.5, 0.6) is 5.75 Å². The molecule has 0 saturated carbocycles. The Morgan fingerprint density at radius 1 is 1.26 bits per heavy atom. The third kappa shape index (κ3) is 2.53. The Morgan fingerprint density at radius 3 is 3.00 bits per heavy atom. The Kier molecular flexibility index (Phi) is 3.57. The van der Waals surface area contributed by atoms with E-state index in [2.05, 4.69) is 36.9 Å². The lowest BCUT2D eigenvalue weighted by molar-refractivity contribution is 0.331. The van der Waals surface area contributed by atoms with E-state index in [1.54, 1.807) is 0 Å². The van der Waals surface area contributed by atoms with Gasteiger partial charge in [0.05, 0.1) is 11.0 Å². The summed E-state index contributed by atoms with van der Waals surface area (Å²) >= 11 is 9.46. The molecule has 0 atom stereocenters. The third-order valence-electron chi connectivity index (χ3n) is 2.98. The van der Waals surface area contributed by atoms with Gasteiger partial charge >= 0.3 is 0 Å². The van der Waals surface area contributed by atoms with Crippen LogP contribution in [0.1, 0.15) is 5.56 Å². The van der Waals surface area contributed by atoms with Gasteiger partial charge in [0.25, 0.3) is 0 Å². The molecule has 4 nitrogen and oxygen atoms in total. The van der Waals surface area contributed by atoms with E-state index in [0.29, 0.717) is 11.8 Å². The first-order valence-electron chi connectivity index (χ1n) is 5.87. The number of aromatic nitrogens is 2. The minimum Gasteiger partial charge on any atom is -0.491 e. The first-order valence-corrected chi connectivity index (χ1v) is 7.04. The van der Waals surface area contributed by atoms with Crippen LogP contribution in [0.15, 0.2) is 35.1 Å². The molecule has 2 heterocycles. The summed E-state index contributed by atoms with van der Waals surface area (Å²) < 4.78 is 6.46. The van der Waals surface area contributed by atoms with Crippen molar-refractivity contribution in [3.05, 3.63) is 45.8 Å². The summed E-state index contributed by atoms with van der Waals surface area (Å²) in [6.45, 7) is 2.10. The zero-order valence-corrected chi connectivity index (χ0v) is 12.4. The molecule has 0 bridgehead atoms. The maximum absolute atomic E-state index is 6.02. The second-order valence-electron chi connectivity index (χ2n) is 4.18. The number of para-hydroxylation sites is 1. The second-order valence-corrected chi connectivity index (χ2v) is 5.33. The van der Waals surface area contributed by atoms with Crippen molar-refractivity contribution in [3.63, 3.8) is 0 Å². The van der Waals surface area contributed by atoms with E-state index in [4.69, 9.17) is 16.3 Å². The molecule has 0 amide bonds. The highest BCUT2D eigenvalue weighted by atomic mass is 79.9. The number of nitrogens with zero attached hydrogens (tertiary/aromatic N) is 3. The molecular weight excluding hydrogens is 330 g/mol. The van der Waals surface area contributed by atoms with Crippen molar-refractivity contribution < 1.29 is 4.74 Å². The lowest BCUT2D eigenvalue weighted by Crippen LogP contribution is -2.26. The van der Waals surface area contributed by atoms with Crippen LogP contribution in [0.4, 0.5) is 5.82 Å². The fourth-order valence-corrected chi connectivity index (χ4v) is 2.65. The van der Waals surface area contributed by atoms with Crippen LogP contribution in [-0.2, 0) is 6.54 Å². The number of fused-ring (bicyclic) bond motifs is 1. The van der Waals surface area contributed by atoms with Crippen molar-refractivity contribution in [2.24, 2.45) is 0 Å². The van der Waals surface area contributed by atoms with Crippen molar-refractivity contribution >= 4 is 33.3 Å². The number of rotatable bonds is 1. The van der Waals surface area contributed by atoms with E-state index in [1.165, 1.54) is 6.33 Å². The number of benzene rings is 1. The van der Waals surface area contributed by atoms with Crippen LogP contribution in [-0.4, -0.2) is 23.1 Å². The van der Waals surface area contributed by atoms with Crippen LogP contribution >= 0.6 is 27.5 Å². The fraction of sp³-hybridized carbons (Fsp3) is 0.231. The highest BCUT2D eigenvalue weighted by Crippen LogP contribution is 2.32. The van der Waals surface area contributed by atoms with Crippen molar-refractivity contribution in [2.45, 2.75) is 6.54 Å². The van der Waals surface area contributed by atoms with E-state index in [9.17, 15) is 0 Å². The number of halogens is 2. The van der Waals surface area contributed by atoms with Gasteiger partial charge in [-0.2, -0.15) is 0 Å². The van der Waals surface area contributed by atoms with Gasteiger partial charge < -0.3 is 9.64 Å². The first-order chi connectivity index (χ1) is 9.25. The number of ether oxygens (including phenoxy) is 1. The molecular formula is C13H11BrClN3O. The number of hydrogen-bond donors (Lipinski definition) is 0. The molecule has 0 aliphatic carbocycles. The minimum absolute atomic E-state index is 0.420. The normalized spacial score (nSPS) is 14.5. The molecule has 1 aromatic heterocycles. The highest BCUT2D eigenvalue weighted by Gasteiger charge is 2.19. The number of hydrogen-bond acceptors (Lipinski definition) is 4. The fourth-order valence-electron chi connectivity index (χ4n) is 2.07. The number of anilines is 1. The average molecular weight is 341 g/mol. The summed E-state index contributed by atoms with van der Waals surface area (Å²) in [5.41, 5.74) is 1.14. The zero-order chi connectivity index (χ0) is 13.2. The van der Waals surface area contributed by atoms with Gasteiger partial charge in [0.15, 0.2) is 0 Å². The SMILES string of the molecule is Clc1ncnc(N2CCOc3ccccc3C2)c1Br. The summed E-state index contributed by atoms with van der Waals surface area (Å²) in [6.07, 6.45) is 1.47. The predicted octanol–water partition coefficient (Wildman–Crippen LogP) is 3.29. The molecule has 6 heteroatoms. The molecule has 0 spiro atoms. The van der Waals surface area contributed by atoms with Gasteiger partial charge in [0.2, 0.25) is 0 Å². The Morgan fingerprint density at radius 2 is 2.11 bits per heavy atom. The van der Waals surface area contributed by atoms with Crippen LogP contribution in [0, 0.1) is 0 Å². The van der Waals surface area contributed by atoms with Crippen molar-refractivity contribution in [3.8, 4) is 5.75 Å². The van der Waals surface area contributed by atoms with Crippen LogP contribution in [0.2, 0.25) is 5.15 Å². The lowest BCUT2D eigenvalue weighted by atomic mass is 10.2. The van der Waals surface area contributed by atoms with Crippen molar-refractivity contribution in [1.82, 2.24) is 9.97 Å². The standard InChI is InChI=1S/C13H11BrClN3O/c14-11-12(15)16-8-17-13(11)18-5-6-19-10-4-2-1-3-9(10)7-18/h1-4,8H,5-7H2.